The van der Waals surface area contributed by atoms with Crippen molar-refractivity contribution in [1.29, 1.82) is 0 Å². The monoisotopic (exact) mass is 537 g/mol. The molecule has 0 aliphatic heterocycles. The predicted octanol–water partition coefficient (Wildman–Crippen LogP) is 5.54. The summed E-state index contributed by atoms with van der Waals surface area (Å²) in [5.74, 6) is 3.48. The van der Waals surface area contributed by atoms with Gasteiger partial charge in [-0.3, -0.25) is 0 Å². The molecule has 206 valence electrons. The van der Waals surface area contributed by atoms with Gasteiger partial charge in [-0.25, -0.2) is 9.97 Å². The number of hydrogen-bond donors (Lipinski definition) is 2. The Morgan fingerprint density at radius 1 is 0.675 bits per heavy atom. The summed E-state index contributed by atoms with van der Waals surface area (Å²) in [6.45, 7) is 3.73. The highest BCUT2D eigenvalue weighted by Crippen LogP contribution is 2.27. The van der Waals surface area contributed by atoms with Crippen molar-refractivity contribution >= 4 is 44.7 Å². The van der Waals surface area contributed by atoms with E-state index in [1.165, 1.54) is 0 Å². The van der Waals surface area contributed by atoms with Crippen LogP contribution >= 0.6 is 0 Å². The number of benzene rings is 2. The lowest BCUT2D eigenvalue weighted by Gasteiger charge is -2.18. The lowest BCUT2D eigenvalue weighted by atomic mass is 10.2. The Hall–Kier alpha value is -4.50. The molecule has 2 N–H and O–H groups in total. The summed E-state index contributed by atoms with van der Waals surface area (Å²) in [6, 6.07) is 20.3. The van der Waals surface area contributed by atoms with Crippen LogP contribution < -0.4 is 20.1 Å². The fraction of sp³-hybridized carbons (Fsp3) is 0.290. The van der Waals surface area contributed by atoms with Gasteiger partial charge in [0.1, 0.15) is 11.5 Å². The molecule has 0 amide bonds. The van der Waals surface area contributed by atoms with Gasteiger partial charge in [-0.2, -0.15) is 0 Å². The first-order valence-electron chi connectivity index (χ1n) is 13.7. The van der Waals surface area contributed by atoms with E-state index in [4.69, 9.17) is 19.4 Å². The smallest absolute Gasteiger partial charge is 0.151 e. The maximum atomic E-state index is 5.40. The van der Waals surface area contributed by atoms with Gasteiger partial charge in [-0.05, 0) is 81.5 Å². The molecule has 0 saturated heterocycles. The largest absolute Gasteiger partial charge is 0.497 e. The minimum atomic E-state index is 0.830. The van der Waals surface area contributed by atoms with Crippen LogP contribution in [0.5, 0.6) is 11.5 Å². The molecule has 6 aromatic rings. The highest BCUT2D eigenvalue weighted by molar-refractivity contribution is 5.86. The molecule has 0 atom stereocenters. The van der Waals surface area contributed by atoms with Gasteiger partial charge >= 0.3 is 0 Å². The van der Waals surface area contributed by atoms with E-state index in [-0.39, 0.29) is 0 Å². The molecule has 9 heteroatoms. The van der Waals surface area contributed by atoms with Gasteiger partial charge in [0.25, 0.3) is 0 Å². The fourth-order valence-electron chi connectivity index (χ4n) is 5.24. The zero-order valence-corrected chi connectivity index (χ0v) is 23.2. The minimum absolute atomic E-state index is 0.830. The second-order valence-corrected chi connectivity index (χ2v) is 10.0. The van der Waals surface area contributed by atoms with Crippen molar-refractivity contribution in [2.75, 3.05) is 58.1 Å². The fourth-order valence-corrected chi connectivity index (χ4v) is 5.24. The number of fused-ring (bicyclic) bond motifs is 6. The molecule has 4 aromatic heterocycles. The highest BCUT2D eigenvalue weighted by Gasteiger charge is 2.11. The predicted molar refractivity (Wildman–Crippen MR) is 162 cm³/mol. The molecule has 6 rings (SSSR count). The number of methoxy groups -OCH3 is 2. The van der Waals surface area contributed by atoms with Crippen LogP contribution in [-0.4, -0.2) is 71.1 Å². The molecule has 0 radical (unpaired) electrons. The van der Waals surface area contributed by atoms with E-state index in [1.807, 2.05) is 36.4 Å². The van der Waals surface area contributed by atoms with Gasteiger partial charge in [-0.1, -0.05) is 0 Å². The van der Waals surface area contributed by atoms with Crippen molar-refractivity contribution in [3.05, 3.63) is 73.1 Å². The van der Waals surface area contributed by atoms with Crippen LogP contribution in [0, 0.1) is 0 Å². The first-order chi connectivity index (χ1) is 19.6. The van der Waals surface area contributed by atoms with E-state index >= 15 is 0 Å². The number of rotatable bonds is 12. The average molecular weight is 538 g/mol. The Balaban J connectivity index is 0.996. The van der Waals surface area contributed by atoms with Crippen molar-refractivity contribution in [3.63, 3.8) is 0 Å². The average Bonchev–Trinajstić information content (AvgIpc) is 3.68. The quantitative estimate of drug-likeness (QED) is 0.198. The summed E-state index contributed by atoms with van der Waals surface area (Å²) in [6.07, 6.45) is 6.19. The van der Waals surface area contributed by atoms with Crippen LogP contribution in [0.25, 0.3) is 33.1 Å². The van der Waals surface area contributed by atoms with Crippen molar-refractivity contribution < 1.29 is 9.47 Å². The van der Waals surface area contributed by atoms with Crippen LogP contribution in [-0.2, 0) is 0 Å². The molecule has 40 heavy (non-hydrogen) atoms. The molecule has 0 spiro atoms. The number of anilines is 2. The lowest BCUT2D eigenvalue weighted by Crippen LogP contribution is -2.24. The van der Waals surface area contributed by atoms with Gasteiger partial charge in [0.05, 0.1) is 47.3 Å². The van der Waals surface area contributed by atoms with Crippen molar-refractivity contribution in [1.82, 2.24) is 23.7 Å². The molecule has 0 aliphatic rings. The molecule has 0 aliphatic carbocycles. The van der Waals surface area contributed by atoms with Gasteiger partial charge in [0, 0.05) is 37.6 Å². The minimum Gasteiger partial charge on any atom is -0.497 e. The molecule has 4 heterocycles. The second kappa shape index (κ2) is 11.3. The number of nitrogens with zero attached hydrogens (tertiary/aromatic N) is 5. The van der Waals surface area contributed by atoms with Crippen LogP contribution in [0.2, 0.25) is 0 Å². The lowest BCUT2D eigenvalue weighted by molar-refractivity contribution is 0.331. The van der Waals surface area contributed by atoms with Gasteiger partial charge in [-0.15, -0.1) is 0 Å². The van der Waals surface area contributed by atoms with Gasteiger partial charge < -0.3 is 33.8 Å². The number of ether oxygens (including phenoxy) is 2. The summed E-state index contributed by atoms with van der Waals surface area (Å²) < 4.78 is 15.1. The summed E-state index contributed by atoms with van der Waals surface area (Å²) >= 11 is 0. The molecular weight excluding hydrogens is 502 g/mol. The normalized spacial score (nSPS) is 11.7. The number of aromatic nitrogens is 4. The molecule has 0 fully saturated rings. The summed E-state index contributed by atoms with van der Waals surface area (Å²) in [5, 5.41) is 7.11. The zero-order chi connectivity index (χ0) is 27.5. The van der Waals surface area contributed by atoms with Gasteiger partial charge in [0.2, 0.25) is 0 Å². The first-order valence-corrected chi connectivity index (χ1v) is 13.7. The zero-order valence-electron chi connectivity index (χ0n) is 23.2. The summed E-state index contributed by atoms with van der Waals surface area (Å²) in [4.78, 5) is 12.1. The molecular formula is C31H35N7O2. The highest BCUT2D eigenvalue weighted by atomic mass is 16.5. The number of hydrogen-bond acceptors (Lipinski definition) is 7. The van der Waals surface area contributed by atoms with Crippen molar-refractivity contribution in [2.24, 2.45) is 0 Å². The molecule has 0 bridgehead atoms. The van der Waals surface area contributed by atoms with Crippen LogP contribution in [0.4, 0.5) is 11.6 Å². The maximum absolute atomic E-state index is 5.40. The first kappa shape index (κ1) is 25.8. The Kier molecular flexibility index (Phi) is 7.29. The Labute approximate surface area is 233 Å². The molecule has 0 unspecified atom stereocenters. The van der Waals surface area contributed by atoms with Gasteiger partial charge in [0.15, 0.2) is 11.6 Å². The van der Waals surface area contributed by atoms with E-state index in [2.05, 4.69) is 68.0 Å². The van der Waals surface area contributed by atoms with E-state index in [9.17, 15) is 0 Å². The van der Waals surface area contributed by atoms with E-state index in [1.54, 1.807) is 14.2 Å². The summed E-state index contributed by atoms with van der Waals surface area (Å²) in [5.41, 5.74) is 6.09. The topological polar surface area (TPSA) is 80.4 Å². The standard InChI is InChI=1S/C31H35N7O2/c1-36(16-6-14-32-30-26-8-4-18-37(26)28-20-22(39-2)10-12-24(28)34-30)17-7-15-33-31-27-9-5-19-38(27)29-21-23(40-3)11-13-25(29)35-31/h4-5,8-13,18-21H,6-7,14-17H2,1-3H3,(H,32,34)(H,33,35). The molecule has 9 nitrogen and oxygen atoms in total. The third-order valence-corrected chi connectivity index (χ3v) is 7.35. The van der Waals surface area contributed by atoms with Crippen LogP contribution in [0.1, 0.15) is 12.8 Å². The van der Waals surface area contributed by atoms with E-state index < -0.39 is 0 Å². The third kappa shape index (κ3) is 5.08. The van der Waals surface area contributed by atoms with E-state index in [0.717, 1.165) is 95.3 Å². The Morgan fingerprint density at radius 2 is 1.15 bits per heavy atom. The third-order valence-electron chi connectivity index (χ3n) is 7.35. The van der Waals surface area contributed by atoms with Crippen molar-refractivity contribution in [3.8, 4) is 11.5 Å². The SMILES string of the molecule is COc1ccc2nc(NCCCN(C)CCCNc3nc4ccc(OC)cc4n4cccc34)c3cccn3c2c1. The molecule has 0 saturated carbocycles. The van der Waals surface area contributed by atoms with E-state index in [0.29, 0.717) is 0 Å². The van der Waals surface area contributed by atoms with Crippen molar-refractivity contribution in [2.45, 2.75) is 12.8 Å². The second-order valence-electron chi connectivity index (χ2n) is 10.0. The summed E-state index contributed by atoms with van der Waals surface area (Å²) in [7, 11) is 5.55. The number of nitrogens with one attached hydrogen (secondary N) is 2. The van der Waals surface area contributed by atoms with Crippen LogP contribution in [0.3, 0.4) is 0 Å². The Bertz CT molecular complexity index is 1640. The Morgan fingerprint density at radius 3 is 1.60 bits per heavy atom. The molecule has 2 aromatic carbocycles. The maximum Gasteiger partial charge on any atom is 0.151 e. The van der Waals surface area contributed by atoms with Crippen LogP contribution in [0.15, 0.2) is 73.1 Å².